The first-order valence-electron chi connectivity index (χ1n) is 17.0. The monoisotopic (exact) mass is 556 g/mol. The van der Waals surface area contributed by atoms with Crippen molar-refractivity contribution in [3.05, 3.63) is 0 Å². The van der Waals surface area contributed by atoms with Crippen molar-refractivity contribution < 1.29 is 9.53 Å². The van der Waals surface area contributed by atoms with E-state index in [1.807, 2.05) is 6.92 Å². The molecule has 0 aromatic heterocycles. The molecule has 4 saturated carbocycles. The average Bonchev–Trinajstić information content (AvgIpc) is 3.20. The fraction of sp³-hybridized carbons (Fsp3) is 0.944. The first-order chi connectivity index (χ1) is 18.1. The van der Waals surface area contributed by atoms with Crippen molar-refractivity contribution in [1.82, 2.24) is 0 Å². The first kappa shape index (κ1) is 31.6. The summed E-state index contributed by atoms with van der Waals surface area (Å²) in [5.41, 5.74) is -0.281. The molecule has 0 spiro atoms. The number of hydrogen-bond donors (Lipinski definition) is 1. The Labute approximate surface area is 244 Å². The molecule has 0 heterocycles. The van der Waals surface area contributed by atoms with Crippen LogP contribution in [0, 0.1) is 58.2 Å². The summed E-state index contributed by atoms with van der Waals surface area (Å²) in [5.74, 6) is 10.9. The van der Waals surface area contributed by atoms with Crippen LogP contribution in [0.1, 0.15) is 139 Å². The van der Waals surface area contributed by atoms with Gasteiger partial charge in [0.25, 0.3) is 0 Å². The fourth-order valence-corrected chi connectivity index (χ4v) is 11.4. The maximum Gasteiger partial charge on any atom is 0.192 e. The molecule has 0 bridgehead atoms. The second kappa shape index (κ2) is 11.4. The van der Waals surface area contributed by atoms with Gasteiger partial charge in [0.2, 0.25) is 0 Å². The molecule has 0 saturated heterocycles. The lowest BCUT2D eigenvalue weighted by atomic mass is 9.43. The minimum absolute atomic E-state index is 0.189. The van der Waals surface area contributed by atoms with Gasteiger partial charge in [-0.15, -0.1) is 5.92 Å². The Balaban J connectivity index is 1.58. The Morgan fingerprint density at radius 2 is 1.54 bits per heavy atom. The average molecular weight is 557 g/mol. The van der Waals surface area contributed by atoms with E-state index in [0.717, 1.165) is 30.6 Å². The summed E-state index contributed by atoms with van der Waals surface area (Å²) in [4.78, 5) is 0. The van der Waals surface area contributed by atoms with Gasteiger partial charge in [-0.3, -0.25) is 0 Å². The highest BCUT2D eigenvalue weighted by Gasteiger charge is 2.64. The molecule has 0 radical (unpaired) electrons. The van der Waals surface area contributed by atoms with E-state index >= 15 is 0 Å². The highest BCUT2D eigenvalue weighted by Crippen LogP contribution is 2.69. The molecule has 4 aliphatic carbocycles. The van der Waals surface area contributed by atoms with Crippen molar-refractivity contribution in [3.63, 3.8) is 0 Å². The van der Waals surface area contributed by atoms with Gasteiger partial charge in [-0.05, 0) is 117 Å². The summed E-state index contributed by atoms with van der Waals surface area (Å²) < 4.78 is 7.41. The minimum Gasteiger partial charge on any atom is -0.414 e. The maximum atomic E-state index is 11.8. The second-order valence-electron chi connectivity index (χ2n) is 17.0. The summed E-state index contributed by atoms with van der Waals surface area (Å²) in [5, 5.41) is 12.0. The van der Waals surface area contributed by atoms with Crippen LogP contribution in [-0.2, 0) is 4.43 Å². The highest BCUT2D eigenvalue weighted by atomic mass is 28.4. The van der Waals surface area contributed by atoms with Crippen molar-refractivity contribution in [2.45, 2.75) is 169 Å². The van der Waals surface area contributed by atoms with Crippen LogP contribution in [0.25, 0.3) is 0 Å². The lowest BCUT2D eigenvalue weighted by molar-refractivity contribution is -0.165. The Morgan fingerprint density at radius 1 is 0.872 bits per heavy atom. The Hall–Kier alpha value is -0.303. The Kier molecular flexibility index (Phi) is 9.25. The summed E-state index contributed by atoms with van der Waals surface area (Å²) in [6, 6.07) is 0. The molecule has 4 aliphatic rings. The number of hydrogen-bond acceptors (Lipinski definition) is 2. The van der Waals surface area contributed by atoms with Crippen molar-refractivity contribution >= 4 is 8.32 Å². The summed E-state index contributed by atoms with van der Waals surface area (Å²) in [6.45, 7) is 24.2. The van der Waals surface area contributed by atoms with Gasteiger partial charge in [0, 0.05) is 18.4 Å². The minimum atomic E-state index is -1.86. The van der Waals surface area contributed by atoms with E-state index in [-0.39, 0.29) is 16.4 Å². The van der Waals surface area contributed by atoms with E-state index in [1.165, 1.54) is 70.6 Å². The molecule has 224 valence electrons. The molecule has 4 fully saturated rings. The molecule has 2 nitrogen and oxygen atoms in total. The van der Waals surface area contributed by atoms with E-state index < -0.39 is 13.9 Å². The predicted octanol–water partition coefficient (Wildman–Crippen LogP) is 10.0. The van der Waals surface area contributed by atoms with Gasteiger partial charge in [0.05, 0.1) is 0 Å². The molecule has 0 amide bonds. The summed E-state index contributed by atoms with van der Waals surface area (Å²) in [7, 11) is -1.86. The normalized spacial score (nSPS) is 42.0. The quantitative estimate of drug-likeness (QED) is 0.192. The van der Waals surface area contributed by atoms with E-state index in [9.17, 15) is 5.11 Å². The van der Waals surface area contributed by atoms with Crippen LogP contribution in [0.4, 0.5) is 0 Å². The fourth-order valence-electron chi connectivity index (χ4n) is 10.0. The van der Waals surface area contributed by atoms with E-state index in [1.54, 1.807) is 0 Å². The predicted molar refractivity (Wildman–Crippen MR) is 169 cm³/mol. The topological polar surface area (TPSA) is 29.5 Å². The molecule has 3 heteroatoms. The standard InChI is InChI=1S/C36H64O2Si/c1-11-12-13-14-15-16-21-36(8,37)32-18-17-28-27-25-31(38-39(9,10)33(3,4)5)30-24-26(2)19-22-34(30,6)29(27)20-23-35(28,32)7/h26-32,37H,11-15,17-20,22-25H2,1-10H3/t26-,27-,28-,29-,30+,31-,32-,34+,35-,36-/m0/s1. The van der Waals surface area contributed by atoms with E-state index in [4.69, 9.17) is 4.43 Å². The largest absolute Gasteiger partial charge is 0.414 e. The lowest BCUT2D eigenvalue weighted by Gasteiger charge is -2.64. The van der Waals surface area contributed by atoms with E-state index in [2.05, 4.69) is 73.4 Å². The van der Waals surface area contributed by atoms with Crippen LogP contribution >= 0.6 is 0 Å². The van der Waals surface area contributed by atoms with Crippen LogP contribution in [0.2, 0.25) is 18.1 Å². The number of fused-ring (bicyclic) bond motifs is 5. The van der Waals surface area contributed by atoms with Crippen LogP contribution in [0.3, 0.4) is 0 Å². The van der Waals surface area contributed by atoms with Crippen molar-refractivity contribution in [3.8, 4) is 11.8 Å². The number of aliphatic hydroxyl groups is 1. The third kappa shape index (κ3) is 5.97. The van der Waals surface area contributed by atoms with Crippen molar-refractivity contribution in [1.29, 1.82) is 0 Å². The van der Waals surface area contributed by atoms with Crippen molar-refractivity contribution in [2.24, 2.45) is 46.3 Å². The molecule has 0 aromatic carbocycles. The smallest absolute Gasteiger partial charge is 0.192 e. The third-order valence-electron chi connectivity index (χ3n) is 13.3. The van der Waals surface area contributed by atoms with Crippen molar-refractivity contribution in [2.75, 3.05) is 0 Å². The molecular formula is C36H64O2Si. The van der Waals surface area contributed by atoms with Gasteiger partial charge in [-0.2, -0.15) is 0 Å². The van der Waals surface area contributed by atoms with Gasteiger partial charge in [0.1, 0.15) is 5.60 Å². The lowest BCUT2D eigenvalue weighted by Crippen LogP contribution is -2.60. The Morgan fingerprint density at radius 3 is 2.21 bits per heavy atom. The molecular weight excluding hydrogens is 492 g/mol. The maximum absolute atomic E-state index is 11.8. The molecule has 0 aliphatic heterocycles. The zero-order valence-electron chi connectivity index (χ0n) is 27.6. The number of unbranched alkanes of at least 4 members (excludes halogenated alkanes) is 4. The van der Waals surface area contributed by atoms with Gasteiger partial charge < -0.3 is 9.53 Å². The summed E-state index contributed by atoms with van der Waals surface area (Å²) >= 11 is 0. The third-order valence-corrected chi connectivity index (χ3v) is 17.8. The van der Waals surface area contributed by atoms with Crippen LogP contribution < -0.4 is 0 Å². The number of rotatable bonds is 7. The van der Waals surface area contributed by atoms with Gasteiger partial charge in [-0.25, -0.2) is 0 Å². The molecule has 1 N–H and O–H groups in total. The van der Waals surface area contributed by atoms with Crippen LogP contribution in [0.5, 0.6) is 0 Å². The van der Waals surface area contributed by atoms with Crippen LogP contribution in [0.15, 0.2) is 0 Å². The van der Waals surface area contributed by atoms with E-state index in [0.29, 0.717) is 23.4 Å². The highest BCUT2D eigenvalue weighted by molar-refractivity contribution is 6.74. The molecule has 4 rings (SSSR count). The summed E-state index contributed by atoms with van der Waals surface area (Å²) in [6.07, 6.45) is 16.7. The molecule has 0 aromatic rings. The molecule has 10 atom stereocenters. The molecule has 39 heavy (non-hydrogen) atoms. The molecule has 0 unspecified atom stereocenters. The SMILES string of the molecule is CCCCCCC#C[C@](C)(O)[C@H]1CC[C@H]2[C@@H]3C[C@H](O[Si](C)(C)C(C)(C)C)[C@H]4C[C@@H](C)CC[C@]4(C)[C@H]3CC[C@@]21C. The second-order valence-corrected chi connectivity index (χ2v) is 21.7. The van der Waals surface area contributed by atoms with Gasteiger partial charge in [-0.1, -0.05) is 80.1 Å². The van der Waals surface area contributed by atoms with Gasteiger partial charge >= 0.3 is 0 Å². The Bertz CT molecular complexity index is 905. The van der Waals surface area contributed by atoms with Crippen LogP contribution in [-0.4, -0.2) is 25.1 Å². The first-order valence-corrected chi connectivity index (χ1v) is 19.9. The van der Waals surface area contributed by atoms with Gasteiger partial charge in [0.15, 0.2) is 8.32 Å². The zero-order valence-corrected chi connectivity index (χ0v) is 28.6. The zero-order chi connectivity index (χ0) is 28.9.